The number of hydrogen-bond acceptors (Lipinski definition) is 5. The number of hydrogen-bond donors (Lipinski definition) is 0. The second-order valence-electron chi connectivity index (χ2n) is 8.62. The molecule has 3 aliphatic rings. The molecule has 27 heavy (non-hydrogen) atoms. The van der Waals surface area contributed by atoms with E-state index < -0.39 is 0 Å². The first-order valence-electron chi connectivity index (χ1n) is 10.0. The van der Waals surface area contributed by atoms with Crippen molar-refractivity contribution < 1.29 is 14.3 Å². The van der Waals surface area contributed by atoms with E-state index in [1.54, 1.807) is 7.11 Å². The van der Waals surface area contributed by atoms with Crippen LogP contribution in [-0.4, -0.2) is 91.8 Å². The number of likely N-dealkylation sites (tertiary alicyclic amines) is 1. The van der Waals surface area contributed by atoms with Crippen LogP contribution in [0.2, 0.25) is 0 Å². The Labute approximate surface area is 162 Å². The molecule has 148 valence electrons. The van der Waals surface area contributed by atoms with E-state index in [0.717, 1.165) is 63.8 Å². The first-order chi connectivity index (χ1) is 13.0. The molecule has 1 atom stereocenters. The molecule has 0 aliphatic carbocycles. The zero-order valence-corrected chi connectivity index (χ0v) is 16.7. The van der Waals surface area contributed by atoms with Crippen LogP contribution in [0.5, 0.6) is 5.75 Å². The molecule has 0 N–H and O–H groups in total. The highest BCUT2D eigenvalue weighted by Crippen LogP contribution is 2.36. The molecule has 0 unspecified atom stereocenters. The lowest BCUT2D eigenvalue weighted by atomic mass is 9.82. The summed E-state index contributed by atoms with van der Waals surface area (Å²) in [5.74, 6) is 1.56. The van der Waals surface area contributed by atoms with Crippen LogP contribution >= 0.6 is 0 Å². The Morgan fingerprint density at radius 1 is 1.26 bits per heavy atom. The molecule has 0 radical (unpaired) electrons. The first kappa shape index (κ1) is 18.7. The summed E-state index contributed by atoms with van der Waals surface area (Å²) in [5, 5.41) is 0. The van der Waals surface area contributed by atoms with Crippen LogP contribution in [0.4, 0.5) is 0 Å². The molecule has 3 fully saturated rings. The van der Waals surface area contributed by atoms with Crippen molar-refractivity contribution in [3.05, 3.63) is 29.8 Å². The van der Waals surface area contributed by atoms with E-state index in [1.165, 1.54) is 0 Å². The van der Waals surface area contributed by atoms with Crippen molar-refractivity contribution in [2.24, 2.45) is 5.92 Å². The van der Waals surface area contributed by atoms with Crippen molar-refractivity contribution in [1.82, 2.24) is 14.7 Å². The highest BCUT2D eigenvalue weighted by atomic mass is 16.5. The van der Waals surface area contributed by atoms with Crippen LogP contribution in [-0.2, 0) is 4.74 Å². The number of carbonyl (C=O) groups is 1. The summed E-state index contributed by atoms with van der Waals surface area (Å²) in [7, 11) is 1.64. The van der Waals surface area contributed by atoms with Crippen molar-refractivity contribution in [1.29, 1.82) is 0 Å². The van der Waals surface area contributed by atoms with Crippen molar-refractivity contribution in [3.63, 3.8) is 0 Å². The molecule has 4 rings (SSSR count). The topological polar surface area (TPSA) is 45.2 Å². The van der Waals surface area contributed by atoms with E-state index in [1.807, 2.05) is 29.2 Å². The molecule has 0 aromatic heterocycles. The van der Waals surface area contributed by atoms with E-state index in [9.17, 15) is 4.79 Å². The average molecular weight is 373 g/mol. The van der Waals surface area contributed by atoms with Gasteiger partial charge in [-0.15, -0.1) is 0 Å². The van der Waals surface area contributed by atoms with Gasteiger partial charge in [0.05, 0.1) is 31.9 Å². The SMILES string of the molecule is COc1ccc(C(=O)N2C[C@@H]3COCCN3C3(CN(CC(C)C)C3)C2)cc1. The lowest BCUT2D eigenvalue weighted by Gasteiger charge is -2.63. The summed E-state index contributed by atoms with van der Waals surface area (Å²) >= 11 is 0. The van der Waals surface area contributed by atoms with Crippen LogP contribution < -0.4 is 4.74 Å². The summed E-state index contributed by atoms with van der Waals surface area (Å²) in [6, 6.07) is 7.75. The standard InChI is InChI=1S/C21H31N3O3/c1-16(2)10-22-13-21(14-22)15-23(11-18-12-27-9-8-24(18)21)20(25)17-4-6-19(26-3)7-5-17/h4-7,16,18H,8-15H2,1-3H3/t18-/m1/s1. The van der Waals surface area contributed by atoms with Crippen LogP contribution in [0.25, 0.3) is 0 Å². The Bertz CT molecular complexity index is 670. The number of nitrogens with zero attached hydrogens (tertiary/aromatic N) is 3. The minimum absolute atomic E-state index is 0.0870. The summed E-state index contributed by atoms with van der Waals surface area (Å²) in [6.07, 6.45) is 0. The van der Waals surface area contributed by atoms with Gasteiger partial charge in [-0.05, 0) is 30.2 Å². The monoisotopic (exact) mass is 373 g/mol. The Morgan fingerprint density at radius 3 is 2.67 bits per heavy atom. The fraction of sp³-hybridized carbons (Fsp3) is 0.667. The molecule has 0 saturated carbocycles. The van der Waals surface area contributed by atoms with Gasteiger partial charge in [-0.3, -0.25) is 14.6 Å². The lowest BCUT2D eigenvalue weighted by molar-refractivity contribution is -0.159. The number of ether oxygens (including phenoxy) is 2. The molecular weight excluding hydrogens is 342 g/mol. The normalized spacial score (nSPS) is 25.3. The summed E-state index contributed by atoms with van der Waals surface area (Å²) in [4.78, 5) is 20.4. The Kier molecular flexibility index (Phi) is 5.14. The van der Waals surface area contributed by atoms with Crippen molar-refractivity contribution in [2.75, 3.05) is 59.6 Å². The Balaban J connectivity index is 1.51. The second-order valence-corrected chi connectivity index (χ2v) is 8.62. The fourth-order valence-electron chi connectivity index (χ4n) is 4.98. The van der Waals surface area contributed by atoms with Gasteiger partial charge in [0.2, 0.25) is 0 Å². The molecule has 3 heterocycles. The molecule has 3 saturated heterocycles. The third kappa shape index (κ3) is 3.58. The highest BCUT2D eigenvalue weighted by Gasteiger charge is 2.54. The molecule has 1 aromatic carbocycles. The van der Waals surface area contributed by atoms with Crippen LogP contribution in [0, 0.1) is 5.92 Å². The number of morpholine rings is 1. The fourth-order valence-corrected chi connectivity index (χ4v) is 4.98. The van der Waals surface area contributed by atoms with Gasteiger partial charge >= 0.3 is 0 Å². The number of benzene rings is 1. The largest absolute Gasteiger partial charge is 0.497 e. The molecular formula is C21H31N3O3. The number of fused-ring (bicyclic) bond motifs is 2. The molecule has 6 heteroatoms. The highest BCUT2D eigenvalue weighted by molar-refractivity contribution is 5.94. The minimum Gasteiger partial charge on any atom is -0.497 e. The van der Waals surface area contributed by atoms with Crippen LogP contribution in [0.15, 0.2) is 24.3 Å². The minimum atomic E-state index is 0.0870. The number of rotatable bonds is 4. The van der Waals surface area contributed by atoms with Crippen molar-refractivity contribution in [3.8, 4) is 5.75 Å². The van der Waals surface area contributed by atoms with E-state index in [4.69, 9.17) is 9.47 Å². The zero-order chi connectivity index (χ0) is 19.0. The Morgan fingerprint density at radius 2 is 2.00 bits per heavy atom. The van der Waals surface area contributed by atoms with Crippen molar-refractivity contribution in [2.45, 2.75) is 25.4 Å². The summed E-state index contributed by atoms with van der Waals surface area (Å²) in [5.41, 5.74) is 0.818. The van der Waals surface area contributed by atoms with Gasteiger partial charge in [-0.2, -0.15) is 0 Å². The first-order valence-corrected chi connectivity index (χ1v) is 10.0. The number of piperazine rings is 1. The van der Waals surface area contributed by atoms with Crippen LogP contribution in [0.1, 0.15) is 24.2 Å². The zero-order valence-electron chi connectivity index (χ0n) is 16.7. The van der Waals surface area contributed by atoms with Gasteiger partial charge in [0.25, 0.3) is 5.91 Å². The van der Waals surface area contributed by atoms with Gasteiger partial charge in [0.15, 0.2) is 0 Å². The quantitative estimate of drug-likeness (QED) is 0.802. The maximum absolute atomic E-state index is 13.2. The number of carbonyl (C=O) groups excluding carboxylic acids is 1. The lowest BCUT2D eigenvalue weighted by Crippen LogP contribution is -2.81. The second kappa shape index (κ2) is 7.41. The van der Waals surface area contributed by atoms with Gasteiger partial charge in [0, 0.05) is 44.8 Å². The summed E-state index contributed by atoms with van der Waals surface area (Å²) in [6.45, 7) is 11.8. The third-order valence-corrected chi connectivity index (χ3v) is 6.04. The maximum Gasteiger partial charge on any atom is 0.253 e. The van der Waals surface area contributed by atoms with Gasteiger partial charge < -0.3 is 14.4 Å². The van der Waals surface area contributed by atoms with Gasteiger partial charge in [0.1, 0.15) is 5.75 Å². The molecule has 3 aliphatic heterocycles. The van der Waals surface area contributed by atoms with Gasteiger partial charge in [-0.1, -0.05) is 13.8 Å². The van der Waals surface area contributed by atoms with Gasteiger partial charge in [-0.25, -0.2) is 0 Å². The van der Waals surface area contributed by atoms with Crippen LogP contribution in [0.3, 0.4) is 0 Å². The smallest absolute Gasteiger partial charge is 0.253 e. The van der Waals surface area contributed by atoms with E-state index >= 15 is 0 Å². The molecule has 1 spiro atoms. The maximum atomic E-state index is 13.2. The van der Waals surface area contributed by atoms with Crippen molar-refractivity contribution >= 4 is 5.91 Å². The van der Waals surface area contributed by atoms with E-state index in [2.05, 4.69) is 23.6 Å². The van der Waals surface area contributed by atoms with E-state index in [-0.39, 0.29) is 11.4 Å². The molecule has 0 bridgehead atoms. The average Bonchev–Trinajstić information content (AvgIpc) is 2.65. The Hall–Kier alpha value is -1.63. The third-order valence-electron chi connectivity index (χ3n) is 6.04. The molecule has 1 aromatic rings. The number of methoxy groups -OCH3 is 1. The number of amides is 1. The molecule has 6 nitrogen and oxygen atoms in total. The van der Waals surface area contributed by atoms with E-state index in [0.29, 0.717) is 12.0 Å². The predicted octanol–water partition coefficient (Wildman–Crippen LogP) is 1.56. The predicted molar refractivity (Wildman–Crippen MR) is 104 cm³/mol. The molecule has 1 amide bonds. The summed E-state index contributed by atoms with van der Waals surface area (Å²) < 4.78 is 11.0.